The Morgan fingerprint density at radius 2 is 1.67 bits per heavy atom. The maximum atomic E-state index is 13.1. The summed E-state index contributed by atoms with van der Waals surface area (Å²) in [5, 5.41) is 4.10. The lowest BCUT2D eigenvalue weighted by molar-refractivity contribution is 0.0516. The maximum Gasteiger partial charge on any atom is 0.365 e. The van der Waals surface area contributed by atoms with Crippen molar-refractivity contribution >= 4 is 23.3 Å². The van der Waals surface area contributed by atoms with Crippen molar-refractivity contribution in [3.8, 4) is 0 Å². The average molecular weight is 310 g/mol. The molecule has 0 spiro atoms. The zero-order valence-electron chi connectivity index (χ0n) is 10.9. The zero-order valence-corrected chi connectivity index (χ0v) is 11.7. The first-order chi connectivity index (χ1) is 9.97. The molecule has 0 aliphatic rings. The largest absolute Gasteiger partial charge is 0.365 e. The second kappa shape index (κ2) is 6.45. The predicted octanol–water partition coefficient (Wildman–Crippen LogP) is 4.20. The van der Waals surface area contributed by atoms with Crippen LogP contribution in [0.1, 0.15) is 22.8 Å². The predicted molar refractivity (Wildman–Crippen MR) is 75.4 cm³/mol. The summed E-state index contributed by atoms with van der Waals surface area (Å²) in [7, 11) is 0. The molecule has 0 aliphatic carbocycles. The summed E-state index contributed by atoms with van der Waals surface area (Å²) < 4.78 is 25.9. The first-order valence-electron chi connectivity index (χ1n) is 5.94. The van der Waals surface area contributed by atoms with Crippen LogP contribution in [0.25, 0.3) is 0 Å². The molecule has 0 radical (unpaired) electrons. The summed E-state index contributed by atoms with van der Waals surface area (Å²) in [6.45, 7) is 1.52. The van der Waals surface area contributed by atoms with E-state index in [2.05, 4.69) is 5.16 Å². The van der Waals surface area contributed by atoms with E-state index < -0.39 is 17.6 Å². The maximum absolute atomic E-state index is 13.1. The number of benzene rings is 2. The van der Waals surface area contributed by atoms with E-state index in [-0.39, 0.29) is 11.3 Å². The number of rotatable bonds is 3. The molecule has 6 heteroatoms. The Bertz CT molecular complexity index is 699. The molecule has 2 aromatic rings. The van der Waals surface area contributed by atoms with Gasteiger partial charge in [-0.15, -0.1) is 0 Å². The van der Waals surface area contributed by atoms with E-state index in [1.807, 2.05) is 0 Å². The van der Waals surface area contributed by atoms with Gasteiger partial charge in [0.15, 0.2) is 11.6 Å². The Labute approximate surface area is 124 Å². The molecule has 21 heavy (non-hydrogen) atoms. The van der Waals surface area contributed by atoms with E-state index in [1.54, 1.807) is 12.1 Å². The van der Waals surface area contributed by atoms with Gasteiger partial charge in [-0.25, -0.2) is 13.6 Å². The van der Waals surface area contributed by atoms with Crippen molar-refractivity contribution < 1.29 is 18.4 Å². The highest BCUT2D eigenvalue weighted by atomic mass is 35.5. The molecule has 0 aromatic heterocycles. The average Bonchev–Trinajstić information content (AvgIpc) is 2.48. The van der Waals surface area contributed by atoms with Crippen molar-refractivity contribution in [3.63, 3.8) is 0 Å². The second-order valence-electron chi connectivity index (χ2n) is 4.19. The quantitative estimate of drug-likeness (QED) is 0.484. The first kappa shape index (κ1) is 15.1. The van der Waals surface area contributed by atoms with Crippen LogP contribution in [0.2, 0.25) is 5.02 Å². The Kier molecular flexibility index (Phi) is 4.65. The molecule has 0 aliphatic heterocycles. The fourth-order valence-corrected chi connectivity index (χ4v) is 1.65. The van der Waals surface area contributed by atoms with Gasteiger partial charge in [-0.05, 0) is 49.4 Å². The smallest absolute Gasteiger partial charge is 0.313 e. The fraction of sp³-hybridized carbons (Fsp3) is 0.0667. The SMILES string of the molecule is C/C(=N\OC(=O)c1ccc(Cl)cc1)c1ccc(F)c(F)c1. The van der Waals surface area contributed by atoms with Crippen molar-refractivity contribution in [2.45, 2.75) is 6.92 Å². The normalized spacial score (nSPS) is 11.3. The number of carbonyl (C=O) groups excluding carboxylic acids is 1. The van der Waals surface area contributed by atoms with Crippen molar-refractivity contribution in [1.82, 2.24) is 0 Å². The number of hydrogen-bond donors (Lipinski definition) is 0. The van der Waals surface area contributed by atoms with Crippen molar-refractivity contribution in [2.75, 3.05) is 0 Å². The molecule has 108 valence electrons. The summed E-state index contributed by atoms with van der Waals surface area (Å²) in [4.78, 5) is 16.5. The number of halogens is 3. The van der Waals surface area contributed by atoms with Crippen LogP contribution in [0, 0.1) is 11.6 Å². The first-order valence-corrected chi connectivity index (χ1v) is 6.32. The van der Waals surface area contributed by atoms with E-state index in [9.17, 15) is 13.6 Å². The number of carbonyl (C=O) groups is 1. The van der Waals surface area contributed by atoms with Gasteiger partial charge in [0.1, 0.15) is 0 Å². The molecule has 0 saturated carbocycles. The molecule has 2 aromatic carbocycles. The molecule has 0 atom stereocenters. The monoisotopic (exact) mass is 309 g/mol. The topological polar surface area (TPSA) is 38.7 Å². The molecule has 0 heterocycles. The summed E-state index contributed by atoms with van der Waals surface area (Å²) in [5.74, 6) is -2.62. The lowest BCUT2D eigenvalue weighted by Crippen LogP contribution is -2.04. The highest BCUT2D eigenvalue weighted by molar-refractivity contribution is 6.30. The van der Waals surface area contributed by atoms with Gasteiger partial charge in [0, 0.05) is 10.6 Å². The van der Waals surface area contributed by atoms with E-state index in [0.29, 0.717) is 10.6 Å². The molecule has 0 amide bonds. The second-order valence-corrected chi connectivity index (χ2v) is 4.63. The van der Waals surface area contributed by atoms with E-state index in [4.69, 9.17) is 16.4 Å². The van der Waals surface area contributed by atoms with Crippen LogP contribution in [-0.2, 0) is 4.84 Å². The minimum absolute atomic E-state index is 0.246. The van der Waals surface area contributed by atoms with Crippen molar-refractivity contribution in [3.05, 3.63) is 70.2 Å². The molecule has 3 nitrogen and oxygen atoms in total. The van der Waals surface area contributed by atoms with Crippen molar-refractivity contribution in [2.24, 2.45) is 5.16 Å². The summed E-state index contributed by atoms with van der Waals surface area (Å²) in [5.41, 5.74) is 0.843. The van der Waals surface area contributed by atoms with Crippen LogP contribution < -0.4 is 0 Å². The molecular formula is C15H10ClF2NO2. The van der Waals surface area contributed by atoms with Gasteiger partial charge in [0.2, 0.25) is 0 Å². The van der Waals surface area contributed by atoms with Crippen LogP contribution in [-0.4, -0.2) is 11.7 Å². The Morgan fingerprint density at radius 3 is 2.29 bits per heavy atom. The lowest BCUT2D eigenvalue weighted by atomic mass is 10.1. The zero-order chi connectivity index (χ0) is 15.4. The third kappa shape index (κ3) is 3.86. The molecule has 0 bridgehead atoms. The summed E-state index contributed by atoms with van der Waals surface area (Å²) in [6, 6.07) is 9.37. The summed E-state index contributed by atoms with van der Waals surface area (Å²) in [6.07, 6.45) is 0. The number of hydrogen-bond acceptors (Lipinski definition) is 3. The van der Waals surface area contributed by atoms with E-state index >= 15 is 0 Å². The fourth-order valence-electron chi connectivity index (χ4n) is 1.52. The number of oxime groups is 1. The minimum atomic E-state index is -0.994. The number of nitrogens with zero attached hydrogens (tertiary/aromatic N) is 1. The van der Waals surface area contributed by atoms with Gasteiger partial charge in [0.05, 0.1) is 11.3 Å². The Balaban J connectivity index is 2.10. The van der Waals surface area contributed by atoms with Crippen molar-refractivity contribution in [1.29, 1.82) is 0 Å². The van der Waals surface area contributed by atoms with Crippen LogP contribution in [0.3, 0.4) is 0 Å². The lowest BCUT2D eigenvalue weighted by Gasteiger charge is -2.02. The molecule has 0 fully saturated rings. The van der Waals surface area contributed by atoms with Gasteiger partial charge < -0.3 is 4.84 Å². The van der Waals surface area contributed by atoms with Gasteiger partial charge in [0.25, 0.3) is 0 Å². The van der Waals surface area contributed by atoms with E-state index in [1.165, 1.54) is 25.1 Å². The van der Waals surface area contributed by atoms with Gasteiger partial charge >= 0.3 is 5.97 Å². The van der Waals surface area contributed by atoms with Gasteiger partial charge in [-0.1, -0.05) is 16.8 Å². The summed E-state index contributed by atoms with van der Waals surface area (Å²) >= 11 is 5.71. The van der Waals surface area contributed by atoms with Crippen LogP contribution >= 0.6 is 11.6 Å². The third-order valence-corrected chi connectivity index (χ3v) is 2.93. The minimum Gasteiger partial charge on any atom is -0.313 e. The van der Waals surface area contributed by atoms with Crippen LogP contribution in [0.5, 0.6) is 0 Å². The molecule has 0 saturated heterocycles. The van der Waals surface area contributed by atoms with Gasteiger partial charge in [-0.2, -0.15) is 0 Å². The Hall–Kier alpha value is -2.27. The highest BCUT2D eigenvalue weighted by Crippen LogP contribution is 2.12. The van der Waals surface area contributed by atoms with E-state index in [0.717, 1.165) is 12.1 Å². The standard InChI is InChI=1S/C15H10ClF2NO2/c1-9(11-4-7-13(17)14(18)8-11)19-21-15(20)10-2-5-12(16)6-3-10/h2-8H,1H3/b19-9+. The molecule has 2 rings (SSSR count). The van der Waals surface area contributed by atoms with Crippen LogP contribution in [0.4, 0.5) is 8.78 Å². The molecule has 0 N–H and O–H groups in total. The molecule has 0 unspecified atom stereocenters. The van der Waals surface area contributed by atoms with Crippen LogP contribution in [0.15, 0.2) is 47.6 Å². The third-order valence-electron chi connectivity index (χ3n) is 2.68. The molecular weight excluding hydrogens is 300 g/mol. The Morgan fingerprint density at radius 1 is 1.05 bits per heavy atom. The highest BCUT2D eigenvalue weighted by Gasteiger charge is 2.09. The van der Waals surface area contributed by atoms with Gasteiger partial charge in [-0.3, -0.25) is 0 Å².